The summed E-state index contributed by atoms with van der Waals surface area (Å²) in [6.07, 6.45) is 0.936. The molecular weight excluding hydrogens is 278 g/mol. The molecular formula is C14H19NO2S2. The molecule has 5 heteroatoms. The largest absolute Gasteiger partial charge is 0.490 e. The van der Waals surface area contributed by atoms with Gasteiger partial charge in [-0.3, -0.25) is 0 Å². The zero-order valence-electron chi connectivity index (χ0n) is 10.8. The molecule has 2 atom stereocenters. The molecule has 0 aromatic heterocycles. The number of hydrogen-bond acceptors (Lipinski definition) is 5. The molecule has 0 spiro atoms. The molecule has 2 N–H and O–H groups in total. The van der Waals surface area contributed by atoms with E-state index in [1.165, 1.54) is 11.5 Å². The van der Waals surface area contributed by atoms with Crippen molar-refractivity contribution in [3.63, 3.8) is 0 Å². The number of nitrogens with two attached hydrogens (primary N) is 1. The van der Waals surface area contributed by atoms with Gasteiger partial charge in [0.05, 0.1) is 13.2 Å². The average Bonchev–Trinajstić information content (AvgIpc) is 2.72. The molecule has 0 aliphatic carbocycles. The van der Waals surface area contributed by atoms with Crippen LogP contribution in [0, 0.1) is 0 Å². The van der Waals surface area contributed by atoms with Crippen molar-refractivity contribution < 1.29 is 9.47 Å². The zero-order valence-corrected chi connectivity index (χ0v) is 12.5. The molecule has 2 unspecified atom stereocenters. The molecule has 3 rings (SSSR count). The van der Waals surface area contributed by atoms with E-state index in [0.717, 1.165) is 42.4 Å². The van der Waals surface area contributed by atoms with Crippen LogP contribution in [0.1, 0.15) is 18.0 Å². The molecule has 0 saturated carbocycles. The van der Waals surface area contributed by atoms with Gasteiger partial charge in [0, 0.05) is 35.0 Å². The summed E-state index contributed by atoms with van der Waals surface area (Å²) in [6, 6.07) is 6.22. The fourth-order valence-electron chi connectivity index (χ4n) is 2.32. The lowest BCUT2D eigenvalue weighted by Gasteiger charge is -2.27. The number of ether oxygens (including phenoxy) is 2. The van der Waals surface area contributed by atoms with Gasteiger partial charge in [-0.15, -0.1) is 0 Å². The highest BCUT2D eigenvalue weighted by Gasteiger charge is 2.24. The molecule has 0 bridgehead atoms. The van der Waals surface area contributed by atoms with Gasteiger partial charge in [0.25, 0.3) is 0 Å². The maximum Gasteiger partial charge on any atom is 0.161 e. The second-order valence-electron chi connectivity index (χ2n) is 4.77. The van der Waals surface area contributed by atoms with E-state index in [1.807, 2.05) is 29.6 Å². The van der Waals surface area contributed by atoms with Crippen molar-refractivity contribution in [2.45, 2.75) is 17.7 Å². The zero-order chi connectivity index (χ0) is 13.1. The normalized spacial score (nSPS) is 24.6. The minimum Gasteiger partial charge on any atom is -0.490 e. The van der Waals surface area contributed by atoms with Crippen LogP contribution >= 0.6 is 23.5 Å². The SMILES string of the molecule is NC(c1ccc2c(c1)OCCCO2)C1CSCCS1. The van der Waals surface area contributed by atoms with Crippen LogP contribution in [0.25, 0.3) is 0 Å². The van der Waals surface area contributed by atoms with Crippen molar-refractivity contribution in [3.05, 3.63) is 23.8 Å². The van der Waals surface area contributed by atoms with E-state index in [9.17, 15) is 0 Å². The van der Waals surface area contributed by atoms with Crippen molar-refractivity contribution in [3.8, 4) is 11.5 Å². The summed E-state index contributed by atoms with van der Waals surface area (Å²) in [4.78, 5) is 0. The van der Waals surface area contributed by atoms with Crippen LogP contribution in [-0.2, 0) is 0 Å². The Bertz CT molecular complexity index is 435. The van der Waals surface area contributed by atoms with Crippen LogP contribution in [0.5, 0.6) is 11.5 Å². The van der Waals surface area contributed by atoms with Crippen LogP contribution in [0.15, 0.2) is 18.2 Å². The van der Waals surface area contributed by atoms with Crippen molar-refractivity contribution in [1.29, 1.82) is 0 Å². The van der Waals surface area contributed by atoms with Gasteiger partial charge >= 0.3 is 0 Å². The van der Waals surface area contributed by atoms with E-state index in [-0.39, 0.29) is 6.04 Å². The van der Waals surface area contributed by atoms with Crippen LogP contribution < -0.4 is 15.2 Å². The van der Waals surface area contributed by atoms with Crippen LogP contribution in [0.2, 0.25) is 0 Å². The van der Waals surface area contributed by atoms with E-state index in [2.05, 4.69) is 12.1 Å². The molecule has 19 heavy (non-hydrogen) atoms. The summed E-state index contributed by atoms with van der Waals surface area (Å²) in [6.45, 7) is 1.45. The molecule has 104 valence electrons. The van der Waals surface area contributed by atoms with E-state index in [1.54, 1.807) is 0 Å². The number of rotatable bonds is 2. The summed E-state index contributed by atoms with van der Waals surface area (Å²) < 4.78 is 11.4. The number of fused-ring (bicyclic) bond motifs is 1. The fraction of sp³-hybridized carbons (Fsp3) is 0.571. The van der Waals surface area contributed by atoms with Gasteiger partial charge < -0.3 is 15.2 Å². The third-order valence-electron chi connectivity index (χ3n) is 3.40. The highest BCUT2D eigenvalue weighted by atomic mass is 32.2. The first-order valence-electron chi connectivity index (χ1n) is 6.69. The second kappa shape index (κ2) is 6.29. The Morgan fingerprint density at radius 3 is 2.79 bits per heavy atom. The quantitative estimate of drug-likeness (QED) is 0.909. The molecule has 2 heterocycles. The van der Waals surface area contributed by atoms with Crippen LogP contribution in [0.4, 0.5) is 0 Å². The monoisotopic (exact) mass is 297 g/mol. The molecule has 3 nitrogen and oxygen atoms in total. The molecule has 1 aromatic carbocycles. The Hall–Kier alpha value is -0.520. The lowest BCUT2D eigenvalue weighted by atomic mass is 10.0. The van der Waals surface area contributed by atoms with Crippen molar-refractivity contribution in [2.75, 3.05) is 30.5 Å². The molecule has 1 fully saturated rings. The average molecular weight is 297 g/mol. The van der Waals surface area contributed by atoms with Gasteiger partial charge in [-0.05, 0) is 17.7 Å². The molecule has 1 saturated heterocycles. The predicted octanol–water partition coefficient (Wildman–Crippen LogP) is 2.70. The maximum absolute atomic E-state index is 6.41. The summed E-state index contributed by atoms with van der Waals surface area (Å²) in [5, 5.41) is 0.503. The minimum atomic E-state index is 0.0787. The molecule has 2 aliphatic rings. The van der Waals surface area contributed by atoms with E-state index >= 15 is 0 Å². The van der Waals surface area contributed by atoms with Gasteiger partial charge in [-0.2, -0.15) is 23.5 Å². The third kappa shape index (κ3) is 3.15. The highest BCUT2D eigenvalue weighted by Crippen LogP contribution is 2.36. The molecule has 1 aromatic rings. The summed E-state index contributed by atoms with van der Waals surface area (Å²) in [5.74, 6) is 5.28. The van der Waals surface area contributed by atoms with Crippen molar-refractivity contribution in [2.24, 2.45) is 5.73 Å². The maximum atomic E-state index is 6.41. The van der Waals surface area contributed by atoms with Crippen LogP contribution in [-0.4, -0.2) is 35.7 Å². The van der Waals surface area contributed by atoms with Gasteiger partial charge in [-0.25, -0.2) is 0 Å². The number of thioether (sulfide) groups is 2. The summed E-state index contributed by atoms with van der Waals surface area (Å²) in [7, 11) is 0. The second-order valence-corrected chi connectivity index (χ2v) is 7.26. The molecule has 2 aliphatic heterocycles. The minimum absolute atomic E-state index is 0.0787. The predicted molar refractivity (Wildman–Crippen MR) is 82.5 cm³/mol. The summed E-state index contributed by atoms with van der Waals surface area (Å²) >= 11 is 3.99. The van der Waals surface area contributed by atoms with Gasteiger partial charge in [0.1, 0.15) is 0 Å². The van der Waals surface area contributed by atoms with E-state index in [4.69, 9.17) is 15.2 Å². The Balaban J connectivity index is 1.78. The highest BCUT2D eigenvalue weighted by molar-refractivity contribution is 8.06. The lowest BCUT2D eigenvalue weighted by molar-refractivity contribution is 0.297. The Kier molecular flexibility index (Phi) is 4.45. The number of hydrogen-bond donors (Lipinski definition) is 1. The van der Waals surface area contributed by atoms with Gasteiger partial charge in [0.15, 0.2) is 11.5 Å². The topological polar surface area (TPSA) is 44.5 Å². The Labute approximate surface area is 122 Å². The van der Waals surface area contributed by atoms with Gasteiger partial charge in [0.2, 0.25) is 0 Å². The van der Waals surface area contributed by atoms with Crippen molar-refractivity contribution >= 4 is 23.5 Å². The van der Waals surface area contributed by atoms with E-state index in [0.29, 0.717) is 5.25 Å². The molecule has 0 radical (unpaired) electrons. The number of benzene rings is 1. The third-order valence-corrected chi connectivity index (χ3v) is 6.28. The standard InChI is InChI=1S/C14H19NO2S2/c15-14(13-9-18-6-7-19-13)10-2-3-11-12(8-10)17-5-1-4-16-11/h2-3,8,13-14H,1,4-7,9,15H2. The van der Waals surface area contributed by atoms with Gasteiger partial charge in [-0.1, -0.05) is 6.07 Å². The first kappa shape index (κ1) is 13.5. The fourth-order valence-corrected chi connectivity index (χ4v) is 5.12. The van der Waals surface area contributed by atoms with Crippen LogP contribution in [0.3, 0.4) is 0 Å². The first-order valence-corrected chi connectivity index (χ1v) is 8.89. The Morgan fingerprint density at radius 2 is 2.00 bits per heavy atom. The molecule has 0 amide bonds. The first-order chi connectivity index (χ1) is 9.34. The van der Waals surface area contributed by atoms with E-state index < -0.39 is 0 Å². The van der Waals surface area contributed by atoms with Crippen molar-refractivity contribution in [1.82, 2.24) is 0 Å². The Morgan fingerprint density at radius 1 is 1.16 bits per heavy atom. The summed E-state index contributed by atoms with van der Waals surface area (Å²) in [5.41, 5.74) is 7.57. The smallest absolute Gasteiger partial charge is 0.161 e. The lowest BCUT2D eigenvalue weighted by Crippen LogP contribution is -2.28.